The molecule has 2 amide bonds. The molecule has 33 heavy (non-hydrogen) atoms. The van der Waals surface area contributed by atoms with Crippen LogP contribution in [-0.2, 0) is 16.0 Å². The standard InChI is InChI=1S/C26H31N5O2/c1-19(2)29-25(33)26(9-13-30(17-26)24(32)20(3)31-14-12-28-18-31)16-21-5-4-6-23(15-21)22-7-10-27-11-8-22/h4-8,10-12,14-15,18-20H,9,13,16-17H2,1-3H3,(H,29,33)/t20-,26+/m1/s1. The Balaban J connectivity index is 1.58. The Morgan fingerprint density at radius 3 is 2.55 bits per heavy atom. The molecule has 2 atom stereocenters. The molecule has 7 heteroatoms. The van der Waals surface area contributed by atoms with Crippen molar-refractivity contribution in [1.82, 2.24) is 24.8 Å². The summed E-state index contributed by atoms with van der Waals surface area (Å²) in [6, 6.07) is 11.9. The van der Waals surface area contributed by atoms with Crippen molar-refractivity contribution in [3.05, 3.63) is 73.1 Å². The molecule has 1 N–H and O–H groups in total. The Bertz CT molecular complexity index is 1100. The Morgan fingerprint density at radius 2 is 1.85 bits per heavy atom. The highest BCUT2D eigenvalue weighted by molar-refractivity contribution is 5.87. The average Bonchev–Trinajstić information content (AvgIpc) is 3.50. The monoisotopic (exact) mass is 445 g/mol. The number of imidazole rings is 1. The van der Waals surface area contributed by atoms with E-state index >= 15 is 0 Å². The lowest BCUT2D eigenvalue weighted by Gasteiger charge is -2.30. The van der Waals surface area contributed by atoms with E-state index < -0.39 is 5.41 Å². The predicted molar refractivity (Wildman–Crippen MR) is 127 cm³/mol. The van der Waals surface area contributed by atoms with Crippen molar-refractivity contribution in [3.63, 3.8) is 0 Å². The maximum absolute atomic E-state index is 13.4. The third-order valence-corrected chi connectivity index (χ3v) is 6.38. The summed E-state index contributed by atoms with van der Waals surface area (Å²) in [5.74, 6) is 0.0233. The minimum atomic E-state index is -0.661. The zero-order valence-corrected chi connectivity index (χ0v) is 19.4. The quantitative estimate of drug-likeness (QED) is 0.604. The van der Waals surface area contributed by atoms with Gasteiger partial charge in [0, 0.05) is 43.9 Å². The highest BCUT2D eigenvalue weighted by atomic mass is 16.2. The van der Waals surface area contributed by atoms with Crippen LogP contribution in [0.3, 0.4) is 0 Å². The van der Waals surface area contributed by atoms with E-state index in [-0.39, 0.29) is 23.9 Å². The van der Waals surface area contributed by atoms with Gasteiger partial charge in [-0.05, 0) is 62.4 Å². The van der Waals surface area contributed by atoms with E-state index in [0.717, 1.165) is 16.7 Å². The maximum Gasteiger partial charge on any atom is 0.245 e. The van der Waals surface area contributed by atoms with Gasteiger partial charge < -0.3 is 14.8 Å². The van der Waals surface area contributed by atoms with E-state index in [1.54, 1.807) is 35.7 Å². The smallest absolute Gasteiger partial charge is 0.245 e. The number of amides is 2. The molecule has 3 aromatic rings. The molecule has 1 aromatic carbocycles. The molecule has 0 unspecified atom stereocenters. The zero-order valence-electron chi connectivity index (χ0n) is 19.4. The van der Waals surface area contributed by atoms with Gasteiger partial charge in [-0.2, -0.15) is 0 Å². The van der Waals surface area contributed by atoms with Crippen LogP contribution in [0.15, 0.2) is 67.5 Å². The molecule has 1 saturated heterocycles. The number of pyridine rings is 1. The third-order valence-electron chi connectivity index (χ3n) is 6.38. The van der Waals surface area contributed by atoms with Crippen LogP contribution in [0.1, 0.15) is 38.8 Å². The Labute approximate surface area is 194 Å². The average molecular weight is 446 g/mol. The first-order valence-electron chi connectivity index (χ1n) is 11.4. The van der Waals surface area contributed by atoms with Crippen LogP contribution in [-0.4, -0.2) is 50.4 Å². The van der Waals surface area contributed by atoms with E-state index in [0.29, 0.717) is 25.9 Å². The lowest BCUT2D eigenvalue weighted by molar-refractivity contribution is -0.135. The van der Waals surface area contributed by atoms with Crippen molar-refractivity contribution in [2.75, 3.05) is 13.1 Å². The van der Waals surface area contributed by atoms with Gasteiger partial charge in [-0.15, -0.1) is 0 Å². The fraction of sp³-hybridized carbons (Fsp3) is 0.385. The number of hydrogen-bond acceptors (Lipinski definition) is 4. The third kappa shape index (κ3) is 4.97. The molecule has 172 valence electrons. The van der Waals surface area contributed by atoms with Gasteiger partial charge in [0.15, 0.2) is 0 Å². The topological polar surface area (TPSA) is 80.1 Å². The second kappa shape index (κ2) is 9.57. The molecular weight excluding hydrogens is 414 g/mol. The van der Waals surface area contributed by atoms with Gasteiger partial charge >= 0.3 is 0 Å². The minimum Gasteiger partial charge on any atom is -0.353 e. The molecule has 0 spiro atoms. The van der Waals surface area contributed by atoms with Gasteiger partial charge in [0.2, 0.25) is 11.8 Å². The van der Waals surface area contributed by atoms with Crippen LogP contribution < -0.4 is 5.32 Å². The molecule has 1 aliphatic rings. The predicted octanol–water partition coefficient (Wildman–Crippen LogP) is 3.49. The first-order chi connectivity index (χ1) is 15.9. The molecule has 7 nitrogen and oxygen atoms in total. The number of nitrogens with one attached hydrogen (secondary N) is 1. The number of carbonyl (C=O) groups excluding carboxylic acids is 2. The highest BCUT2D eigenvalue weighted by Crippen LogP contribution is 2.36. The van der Waals surface area contributed by atoms with Crippen molar-refractivity contribution in [2.24, 2.45) is 5.41 Å². The summed E-state index contributed by atoms with van der Waals surface area (Å²) < 4.78 is 1.80. The molecule has 0 saturated carbocycles. The maximum atomic E-state index is 13.4. The molecule has 0 bridgehead atoms. The van der Waals surface area contributed by atoms with Crippen LogP contribution in [0.2, 0.25) is 0 Å². The van der Waals surface area contributed by atoms with Gasteiger partial charge in [0.1, 0.15) is 6.04 Å². The van der Waals surface area contributed by atoms with Crippen molar-refractivity contribution in [3.8, 4) is 11.1 Å². The number of rotatable bonds is 7. The van der Waals surface area contributed by atoms with Crippen LogP contribution >= 0.6 is 0 Å². The number of likely N-dealkylation sites (tertiary alicyclic amines) is 1. The number of nitrogens with zero attached hydrogens (tertiary/aromatic N) is 4. The van der Waals surface area contributed by atoms with E-state index in [2.05, 4.69) is 33.5 Å². The molecule has 1 aliphatic heterocycles. The van der Waals surface area contributed by atoms with Gasteiger partial charge in [-0.25, -0.2) is 4.98 Å². The van der Waals surface area contributed by atoms with Crippen LogP contribution in [0.4, 0.5) is 0 Å². The number of benzene rings is 1. The van der Waals surface area contributed by atoms with Gasteiger partial charge in [0.05, 0.1) is 11.7 Å². The first kappa shape index (κ1) is 22.7. The Kier molecular flexibility index (Phi) is 6.58. The molecule has 4 rings (SSSR count). The summed E-state index contributed by atoms with van der Waals surface area (Å²) in [6.07, 6.45) is 9.89. The van der Waals surface area contributed by atoms with Crippen molar-refractivity contribution in [1.29, 1.82) is 0 Å². The van der Waals surface area contributed by atoms with E-state index in [9.17, 15) is 9.59 Å². The fourth-order valence-corrected chi connectivity index (χ4v) is 4.57. The Hall–Kier alpha value is -3.48. The zero-order chi connectivity index (χ0) is 23.4. The molecular formula is C26H31N5O2. The molecule has 0 radical (unpaired) electrons. The van der Waals surface area contributed by atoms with E-state index in [1.165, 1.54) is 0 Å². The second-order valence-corrected chi connectivity index (χ2v) is 9.22. The molecule has 2 aromatic heterocycles. The van der Waals surface area contributed by atoms with Crippen LogP contribution in [0.25, 0.3) is 11.1 Å². The van der Waals surface area contributed by atoms with Gasteiger partial charge in [-0.3, -0.25) is 14.6 Å². The SMILES string of the molecule is CC(C)NC(=O)[C@]1(Cc2cccc(-c3ccncc3)c2)CCN(C(=O)[C@@H](C)n2ccnc2)C1. The van der Waals surface area contributed by atoms with Crippen molar-refractivity contribution >= 4 is 11.8 Å². The first-order valence-corrected chi connectivity index (χ1v) is 11.4. The van der Waals surface area contributed by atoms with Crippen LogP contribution in [0, 0.1) is 5.41 Å². The van der Waals surface area contributed by atoms with Gasteiger partial charge in [-0.1, -0.05) is 24.3 Å². The van der Waals surface area contributed by atoms with E-state index in [1.807, 2.05) is 43.9 Å². The summed E-state index contributed by atoms with van der Waals surface area (Å²) in [4.78, 5) is 36.6. The lowest BCUT2D eigenvalue weighted by atomic mass is 9.79. The number of aromatic nitrogens is 3. The van der Waals surface area contributed by atoms with Gasteiger partial charge in [0.25, 0.3) is 0 Å². The van der Waals surface area contributed by atoms with E-state index in [4.69, 9.17) is 0 Å². The highest BCUT2D eigenvalue weighted by Gasteiger charge is 2.46. The normalized spacial score (nSPS) is 19.0. The van der Waals surface area contributed by atoms with Crippen molar-refractivity contribution in [2.45, 2.75) is 45.7 Å². The fourth-order valence-electron chi connectivity index (χ4n) is 4.57. The number of carbonyl (C=O) groups is 2. The summed E-state index contributed by atoms with van der Waals surface area (Å²) in [5.41, 5.74) is 2.60. The molecule has 1 fully saturated rings. The lowest BCUT2D eigenvalue weighted by Crippen LogP contribution is -2.47. The summed E-state index contributed by atoms with van der Waals surface area (Å²) in [6.45, 7) is 6.77. The Morgan fingerprint density at radius 1 is 1.06 bits per heavy atom. The van der Waals surface area contributed by atoms with Crippen LogP contribution in [0.5, 0.6) is 0 Å². The minimum absolute atomic E-state index is 0.0115. The molecule has 0 aliphatic carbocycles. The molecule has 3 heterocycles. The van der Waals surface area contributed by atoms with Crippen molar-refractivity contribution < 1.29 is 9.59 Å². The summed E-state index contributed by atoms with van der Waals surface area (Å²) in [7, 11) is 0. The summed E-state index contributed by atoms with van der Waals surface area (Å²) >= 11 is 0. The number of hydrogen-bond donors (Lipinski definition) is 1. The summed E-state index contributed by atoms with van der Waals surface area (Å²) in [5, 5.41) is 3.11. The largest absolute Gasteiger partial charge is 0.353 e. The second-order valence-electron chi connectivity index (χ2n) is 9.22.